The third-order valence-electron chi connectivity index (χ3n) is 4.61. The number of hydrogen-bond acceptors (Lipinski definition) is 6. The van der Waals surface area contributed by atoms with Crippen molar-refractivity contribution in [1.29, 1.82) is 0 Å². The van der Waals surface area contributed by atoms with Crippen LogP contribution in [0.1, 0.15) is 18.5 Å². The summed E-state index contributed by atoms with van der Waals surface area (Å²) in [5, 5.41) is 8.07. The molecule has 1 aliphatic heterocycles. The fraction of sp³-hybridized carbons (Fsp3) is 0.368. The largest absolute Gasteiger partial charge is 0.476 e. The van der Waals surface area contributed by atoms with Gasteiger partial charge in [0.2, 0.25) is 5.88 Å². The van der Waals surface area contributed by atoms with Crippen LogP contribution >= 0.6 is 0 Å². The highest BCUT2D eigenvalue weighted by molar-refractivity contribution is 5.75. The molecular weight excluding hydrogens is 314 g/mol. The van der Waals surface area contributed by atoms with Gasteiger partial charge in [0.05, 0.1) is 29.5 Å². The molecule has 4 rings (SSSR count). The summed E-state index contributed by atoms with van der Waals surface area (Å²) in [5.41, 5.74) is 2.79. The fourth-order valence-electron chi connectivity index (χ4n) is 3.10. The summed E-state index contributed by atoms with van der Waals surface area (Å²) in [4.78, 5) is 11.6. The summed E-state index contributed by atoms with van der Waals surface area (Å²) in [5.74, 6) is 2.10. The first-order valence-electron chi connectivity index (χ1n) is 8.68. The Kier molecular flexibility index (Phi) is 4.41. The molecule has 25 heavy (non-hydrogen) atoms. The predicted octanol–water partition coefficient (Wildman–Crippen LogP) is 3.02. The molecule has 1 saturated heterocycles. The second-order valence-corrected chi connectivity index (χ2v) is 6.47. The van der Waals surface area contributed by atoms with Gasteiger partial charge < -0.3 is 9.64 Å². The standard InChI is InChI=1S/C19H21N5O/c1-14-6-7-19(23-22-14)25-13-15-8-10-24(11-9-15)18-12-20-16-4-2-3-5-17(16)21-18/h2-7,12,15H,8-11,13H2,1H3. The lowest BCUT2D eigenvalue weighted by atomic mass is 9.98. The summed E-state index contributed by atoms with van der Waals surface area (Å²) in [6.45, 7) is 4.55. The van der Waals surface area contributed by atoms with Gasteiger partial charge in [-0.15, -0.1) is 5.10 Å². The number of rotatable bonds is 4. The highest BCUT2D eigenvalue weighted by atomic mass is 16.5. The average Bonchev–Trinajstić information content (AvgIpc) is 2.68. The molecule has 128 valence electrons. The zero-order chi connectivity index (χ0) is 17.1. The van der Waals surface area contributed by atoms with Crippen molar-refractivity contribution < 1.29 is 4.74 Å². The van der Waals surface area contributed by atoms with Gasteiger partial charge in [0, 0.05) is 19.2 Å². The van der Waals surface area contributed by atoms with Crippen LogP contribution in [0, 0.1) is 12.8 Å². The van der Waals surface area contributed by atoms with Gasteiger partial charge in [0.25, 0.3) is 0 Å². The molecule has 0 radical (unpaired) electrons. The van der Waals surface area contributed by atoms with Gasteiger partial charge in [0.1, 0.15) is 5.82 Å². The van der Waals surface area contributed by atoms with Crippen molar-refractivity contribution >= 4 is 16.9 Å². The summed E-state index contributed by atoms with van der Waals surface area (Å²) < 4.78 is 5.78. The lowest BCUT2D eigenvalue weighted by Gasteiger charge is -2.32. The molecule has 0 unspecified atom stereocenters. The number of fused-ring (bicyclic) bond motifs is 1. The Balaban J connectivity index is 1.33. The zero-order valence-electron chi connectivity index (χ0n) is 14.3. The minimum Gasteiger partial charge on any atom is -0.476 e. The average molecular weight is 335 g/mol. The first-order valence-corrected chi connectivity index (χ1v) is 8.68. The maximum absolute atomic E-state index is 5.78. The van der Waals surface area contributed by atoms with Gasteiger partial charge in [-0.25, -0.2) is 4.98 Å². The fourth-order valence-corrected chi connectivity index (χ4v) is 3.10. The SMILES string of the molecule is Cc1ccc(OCC2CCN(c3cnc4ccccc4n3)CC2)nn1. The number of anilines is 1. The van der Waals surface area contributed by atoms with E-state index in [-0.39, 0.29) is 0 Å². The Bertz CT molecular complexity index is 844. The molecule has 1 fully saturated rings. The lowest BCUT2D eigenvalue weighted by Crippen LogP contribution is -2.36. The van der Waals surface area contributed by atoms with Gasteiger partial charge in [-0.2, -0.15) is 5.10 Å². The zero-order valence-corrected chi connectivity index (χ0v) is 14.3. The molecule has 0 spiro atoms. The number of hydrogen-bond donors (Lipinski definition) is 0. The van der Waals surface area contributed by atoms with E-state index in [2.05, 4.69) is 20.1 Å². The van der Waals surface area contributed by atoms with Gasteiger partial charge in [-0.1, -0.05) is 12.1 Å². The van der Waals surface area contributed by atoms with Crippen molar-refractivity contribution in [2.24, 2.45) is 5.92 Å². The van der Waals surface area contributed by atoms with Crippen molar-refractivity contribution in [3.8, 4) is 5.88 Å². The van der Waals surface area contributed by atoms with Crippen LogP contribution in [-0.4, -0.2) is 39.9 Å². The quantitative estimate of drug-likeness (QED) is 0.730. The number of nitrogens with zero attached hydrogens (tertiary/aromatic N) is 5. The predicted molar refractivity (Wildman–Crippen MR) is 96.7 cm³/mol. The molecule has 2 aromatic heterocycles. The summed E-state index contributed by atoms with van der Waals surface area (Å²) in [6, 6.07) is 11.8. The van der Waals surface area contributed by atoms with Crippen LogP contribution in [0.5, 0.6) is 5.88 Å². The third-order valence-corrected chi connectivity index (χ3v) is 4.61. The van der Waals surface area contributed by atoms with Gasteiger partial charge in [-0.05, 0) is 43.9 Å². The monoisotopic (exact) mass is 335 g/mol. The highest BCUT2D eigenvalue weighted by Crippen LogP contribution is 2.23. The number of ether oxygens (including phenoxy) is 1. The smallest absolute Gasteiger partial charge is 0.233 e. The van der Waals surface area contributed by atoms with Crippen LogP contribution in [-0.2, 0) is 0 Å². The van der Waals surface area contributed by atoms with E-state index in [4.69, 9.17) is 9.72 Å². The summed E-state index contributed by atoms with van der Waals surface area (Å²) in [6.07, 6.45) is 4.03. The molecule has 0 amide bonds. The summed E-state index contributed by atoms with van der Waals surface area (Å²) in [7, 11) is 0. The number of piperidine rings is 1. The minimum absolute atomic E-state index is 0.535. The van der Waals surface area contributed by atoms with Crippen LogP contribution in [0.15, 0.2) is 42.6 Å². The Labute approximate surface area is 146 Å². The second kappa shape index (κ2) is 7.01. The first kappa shape index (κ1) is 15.7. The maximum atomic E-state index is 5.78. The Morgan fingerprint density at radius 3 is 2.60 bits per heavy atom. The first-order chi connectivity index (χ1) is 12.3. The molecule has 6 nitrogen and oxygen atoms in total. The number of aromatic nitrogens is 4. The molecular formula is C19H21N5O. The summed E-state index contributed by atoms with van der Waals surface area (Å²) >= 11 is 0. The van der Waals surface area contributed by atoms with E-state index in [1.54, 1.807) is 0 Å². The van der Waals surface area contributed by atoms with E-state index >= 15 is 0 Å². The molecule has 0 aliphatic carbocycles. The minimum atomic E-state index is 0.535. The molecule has 0 atom stereocenters. The molecule has 0 saturated carbocycles. The lowest BCUT2D eigenvalue weighted by molar-refractivity contribution is 0.214. The Morgan fingerprint density at radius 2 is 1.84 bits per heavy atom. The van der Waals surface area contributed by atoms with E-state index in [1.807, 2.05) is 49.5 Å². The van der Waals surface area contributed by atoms with Gasteiger partial charge in [-0.3, -0.25) is 4.98 Å². The molecule has 3 aromatic rings. The van der Waals surface area contributed by atoms with E-state index < -0.39 is 0 Å². The van der Waals surface area contributed by atoms with Crippen LogP contribution in [0.2, 0.25) is 0 Å². The van der Waals surface area contributed by atoms with Crippen molar-refractivity contribution in [2.75, 3.05) is 24.6 Å². The molecule has 0 N–H and O–H groups in total. The molecule has 3 heterocycles. The van der Waals surface area contributed by atoms with E-state index in [1.165, 1.54) is 0 Å². The van der Waals surface area contributed by atoms with Crippen LogP contribution < -0.4 is 9.64 Å². The third kappa shape index (κ3) is 3.68. The van der Waals surface area contributed by atoms with Crippen LogP contribution in [0.3, 0.4) is 0 Å². The van der Waals surface area contributed by atoms with E-state index in [0.717, 1.165) is 48.5 Å². The highest BCUT2D eigenvalue weighted by Gasteiger charge is 2.21. The second-order valence-electron chi connectivity index (χ2n) is 6.47. The van der Waals surface area contributed by atoms with E-state index in [9.17, 15) is 0 Å². The number of para-hydroxylation sites is 2. The van der Waals surface area contributed by atoms with Crippen molar-refractivity contribution in [3.05, 3.63) is 48.3 Å². The maximum Gasteiger partial charge on any atom is 0.233 e. The Morgan fingerprint density at radius 1 is 1.04 bits per heavy atom. The molecule has 6 heteroatoms. The van der Waals surface area contributed by atoms with Crippen LogP contribution in [0.4, 0.5) is 5.82 Å². The normalized spacial score (nSPS) is 15.5. The van der Waals surface area contributed by atoms with Crippen LogP contribution in [0.25, 0.3) is 11.0 Å². The molecule has 1 aliphatic rings. The number of aryl methyl sites for hydroxylation is 1. The van der Waals surface area contributed by atoms with Crippen molar-refractivity contribution in [1.82, 2.24) is 20.2 Å². The van der Waals surface area contributed by atoms with Crippen molar-refractivity contribution in [3.63, 3.8) is 0 Å². The molecule has 0 bridgehead atoms. The molecule has 1 aromatic carbocycles. The van der Waals surface area contributed by atoms with Gasteiger partial charge in [0.15, 0.2) is 0 Å². The number of benzene rings is 1. The Hall–Kier alpha value is -2.76. The van der Waals surface area contributed by atoms with E-state index in [0.29, 0.717) is 18.4 Å². The van der Waals surface area contributed by atoms with Gasteiger partial charge >= 0.3 is 0 Å². The topological polar surface area (TPSA) is 64.0 Å². The van der Waals surface area contributed by atoms with Crippen molar-refractivity contribution in [2.45, 2.75) is 19.8 Å².